The number of aromatic amines is 2. The van der Waals surface area contributed by atoms with Crippen molar-refractivity contribution >= 4 is 11.0 Å². The normalized spacial score (nSPS) is 10.9. The van der Waals surface area contributed by atoms with Crippen LogP contribution >= 0.6 is 0 Å². The maximum Gasteiger partial charge on any atom is 0.248 e. The van der Waals surface area contributed by atoms with E-state index in [0.717, 1.165) is 17.5 Å². The Balaban J connectivity index is 2.16. The van der Waals surface area contributed by atoms with Crippen LogP contribution in [0.3, 0.4) is 0 Å². The van der Waals surface area contributed by atoms with E-state index in [9.17, 15) is 4.79 Å². The topological polar surface area (TPSA) is 61.5 Å². The Morgan fingerprint density at radius 2 is 2.06 bits per heavy atom. The van der Waals surface area contributed by atoms with Crippen LogP contribution in [0.5, 0.6) is 0 Å². The number of fused-ring (bicyclic) bond motifs is 1. The van der Waals surface area contributed by atoms with Crippen LogP contribution in [0.15, 0.2) is 41.2 Å². The Hall–Kier alpha value is -2.36. The number of hydrogen-bond donors (Lipinski definition) is 2. The summed E-state index contributed by atoms with van der Waals surface area (Å²) in [4.78, 5) is 21.8. The average Bonchev–Trinajstić information content (AvgIpc) is 2.81. The zero-order valence-corrected chi connectivity index (χ0v) is 10.0. The fraction of sp³-hybridized carbons (Fsp3) is 0.143. The standard InChI is InChI=1S/C14H13N3O/c1-2-9-6-7-10-12(8-9)17-14(16-10)11-4-3-5-13(18)15-11/h3-8H,2H2,1H3,(H,15,18)(H,16,17). The van der Waals surface area contributed by atoms with Crippen molar-refractivity contribution in [2.45, 2.75) is 13.3 Å². The Bertz CT molecular complexity index is 755. The largest absolute Gasteiger partial charge is 0.337 e. The summed E-state index contributed by atoms with van der Waals surface area (Å²) >= 11 is 0. The first-order valence-electron chi connectivity index (χ1n) is 5.94. The minimum atomic E-state index is -0.123. The van der Waals surface area contributed by atoms with Crippen LogP contribution in [0.25, 0.3) is 22.6 Å². The summed E-state index contributed by atoms with van der Waals surface area (Å²) in [5.74, 6) is 0.691. The van der Waals surface area contributed by atoms with Crippen molar-refractivity contribution < 1.29 is 0 Å². The molecule has 4 heteroatoms. The summed E-state index contributed by atoms with van der Waals surface area (Å²) in [6.45, 7) is 2.12. The van der Waals surface area contributed by atoms with Gasteiger partial charge in [-0.1, -0.05) is 19.1 Å². The van der Waals surface area contributed by atoms with Gasteiger partial charge in [-0.2, -0.15) is 0 Å². The Morgan fingerprint density at radius 3 is 2.83 bits per heavy atom. The van der Waals surface area contributed by atoms with Gasteiger partial charge < -0.3 is 9.97 Å². The smallest absolute Gasteiger partial charge is 0.248 e. The van der Waals surface area contributed by atoms with Gasteiger partial charge in [0.15, 0.2) is 5.82 Å². The van der Waals surface area contributed by atoms with Gasteiger partial charge in [0.25, 0.3) is 0 Å². The highest BCUT2D eigenvalue weighted by molar-refractivity contribution is 5.79. The van der Waals surface area contributed by atoms with Crippen molar-refractivity contribution in [1.82, 2.24) is 15.0 Å². The minimum absolute atomic E-state index is 0.123. The van der Waals surface area contributed by atoms with Crippen LogP contribution in [0.4, 0.5) is 0 Å². The van der Waals surface area contributed by atoms with Crippen molar-refractivity contribution in [2.24, 2.45) is 0 Å². The van der Waals surface area contributed by atoms with Crippen LogP contribution in [-0.4, -0.2) is 15.0 Å². The highest BCUT2D eigenvalue weighted by Gasteiger charge is 2.06. The molecule has 0 amide bonds. The number of pyridine rings is 1. The van der Waals surface area contributed by atoms with Crippen LogP contribution in [0.2, 0.25) is 0 Å². The van der Waals surface area contributed by atoms with Crippen molar-refractivity contribution in [1.29, 1.82) is 0 Å². The molecule has 2 heterocycles. The Morgan fingerprint density at radius 1 is 1.17 bits per heavy atom. The second-order valence-corrected chi connectivity index (χ2v) is 4.22. The number of aromatic nitrogens is 3. The van der Waals surface area contributed by atoms with Crippen molar-refractivity contribution in [3.05, 3.63) is 52.3 Å². The molecule has 0 spiro atoms. The third-order valence-corrected chi connectivity index (χ3v) is 2.98. The lowest BCUT2D eigenvalue weighted by molar-refractivity contribution is 1.14. The molecule has 0 aliphatic carbocycles. The number of aryl methyl sites for hydroxylation is 1. The lowest BCUT2D eigenvalue weighted by Crippen LogP contribution is -2.03. The zero-order chi connectivity index (χ0) is 12.5. The molecule has 0 bridgehead atoms. The average molecular weight is 239 g/mol. The van der Waals surface area contributed by atoms with Gasteiger partial charge in [0.1, 0.15) is 0 Å². The van der Waals surface area contributed by atoms with Crippen molar-refractivity contribution in [3.8, 4) is 11.5 Å². The molecule has 0 unspecified atom stereocenters. The van der Waals surface area contributed by atoms with E-state index < -0.39 is 0 Å². The Labute approximate surface area is 104 Å². The number of rotatable bonds is 2. The molecule has 0 atom stereocenters. The van der Waals surface area contributed by atoms with E-state index in [2.05, 4.69) is 34.0 Å². The number of nitrogens with zero attached hydrogens (tertiary/aromatic N) is 1. The molecule has 2 aromatic heterocycles. The number of H-pyrrole nitrogens is 2. The summed E-state index contributed by atoms with van der Waals surface area (Å²) < 4.78 is 0. The SMILES string of the molecule is CCc1ccc2nc(-c3cccc(=O)[nH]3)[nH]c2c1. The van der Waals surface area contributed by atoms with Crippen LogP contribution in [-0.2, 0) is 6.42 Å². The lowest BCUT2D eigenvalue weighted by Gasteiger charge is -1.94. The molecule has 0 saturated heterocycles. The maximum absolute atomic E-state index is 11.3. The van der Waals surface area contributed by atoms with Gasteiger partial charge in [-0.05, 0) is 30.2 Å². The molecule has 90 valence electrons. The predicted molar refractivity (Wildman–Crippen MR) is 71.5 cm³/mol. The molecular weight excluding hydrogens is 226 g/mol. The van der Waals surface area contributed by atoms with Crippen LogP contribution in [0, 0.1) is 0 Å². The molecule has 2 N–H and O–H groups in total. The van der Waals surface area contributed by atoms with E-state index in [4.69, 9.17) is 0 Å². The molecule has 1 aromatic carbocycles. The molecule has 0 radical (unpaired) electrons. The van der Waals surface area contributed by atoms with E-state index in [0.29, 0.717) is 11.5 Å². The third kappa shape index (κ3) is 1.82. The fourth-order valence-electron chi connectivity index (χ4n) is 1.99. The highest BCUT2D eigenvalue weighted by atomic mass is 16.1. The summed E-state index contributed by atoms with van der Waals surface area (Å²) in [6.07, 6.45) is 0.993. The van der Waals surface area contributed by atoms with E-state index >= 15 is 0 Å². The number of imidazole rings is 1. The number of nitrogens with one attached hydrogen (secondary N) is 2. The number of hydrogen-bond acceptors (Lipinski definition) is 2. The quantitative estimate of drug-likeness (QED) is 0.721. The van der Waals surface area contributed by atoms with E-state index in [1.54, 1.807) is 6.07 Å². The third-order valence-electron chi connectivity index (χ3n) is 2.98. The summed E-state index contributed by atoms with van der Waals surface area (Å²) in [5, 5.41) is 0. The predicted octanol–water partition coefficient (Wildman–Crippen LogP) is 2.48. The van der Waals surface area contributed by atoms with Gasteiger partial charge in [0, 0.05) is 6.07 Å². The van der Waals surface area contributed by atoms with Crippen molar-refractivity contribution in [3.63, 3.8) is 0 Å². The van der Waals surface area contributed by atoms with Crippen LogP contribution in [0.1, 0.15) is 12.5 Å². The van der Waals surface area contributed by atoms with Crippen LogP contribution < -0.4 is 5.56 Å². The monoisotopic (exact) mass is 239 g/mol. The molecule has 18 heavy (non-hydrogen) atoms. The van der Waals surface area contributed by atoms with Gasteiger partial charge in [0.2, 0.25) is 5.56 Å². The van der Waals surface area contributed by atoms with Gasteiger partial charge >= 0.3 is 0 Å². The van der Waals surface area contributed by atoms with Gasteiger partial charge in [-0.3, -0.25) is 4.79 Å². The molecular formula is C14H13N3O. The Kier molecular flexibility index (Phi) is 2.48. The van der Waals surface area contributed by atoms with Gasteiger partial charge in [-0.25, -0.2) is 4.98 Å². The first kappa shape index (κ1) is 10.8. The molecule has 0 fully saturated rings. The molecule has 3 aromatic rings. The number of benzene rings is 1. The maximum atomic E-state index is 11.3. The molecule has 4 nitrogen and oxygen atoms in total. The summed E-state index contributed by atoms with van der Waals surface area (Å²) in [7, 11) is 0. The minimum Gasteiger partial charge on any atom is -0.337 e. The summed E-state index contributed by atoms with van der Waals surface area (Å²) in [6, 6.07) is 11.2. The van der Waals surface area contributed by atoms with Gasteiger partial charge in [-0.15, -0.1) is 0 Å². The summed E-state index contributed by atoms with van der Waals surface area (Å²) in [5.41, 5.74) is 3.75. The second kappa shape index (κ2) is 4.14. The van der Waals surface area contributed by atoms with Gasteiger partial charge in [0.05, 0.1) is 16.7 Å². The van der Waals surface area contributed by atoms with Crippen molar-refractivity contribution in [2.75, 3.05) is 0 Å². The van der Waals surface area contributed by atoms with E-state index in [1.807, 2.05) is 12.1 Å². The first-order valence-corrected chi connectivity index (χ1v) is 5.94. The zero-order valence-electron chi connectivity index (χ0n) is 10.0. The van der Waals surface area contributed by atoms with E-state index in [1.165, 1.54) is 11.6 Å². The lowest BCUT2D eigenvalue weighted by atomic mass is 10.1. The second-order valence-electron chi connectivity index (χ2n) is 4.22. The first-order chi connectivity index (χ1) is 8.76. The molecule has 0 aliphatic heterocycles. The highest BCUT2D eigenvalue weighted by Crippen LogP contribution is 2.19. The van der Waals surface area contributed by atoms with E-state index in [-0.39, 0.29) is 5.56 Å². The molecule has 3 rings (SSSR count). The molecule has 0 saturated carbocycles. The molecule has 0 aliphatic rings. The fourth-order valence-corrected chi connectivity index (χ4v) is 1.99.